The predicted molar refractivity (Wildman–Crippen MR) is 123 cm³/mol. The van der Waals surface area contributed by atoms with Crippen LogP contribution >= 0.6 is 11.3 Å². The summed E-state index contributed by atoms with van der Waals surface area (Å²) in [6, 6.07) is 10.9. The van der Waals surface area contributed by atoms with Crippen molar-refractivity contribution in [3.8, 4) is 16.3 Å². The van der Waals surface area contributed by atoms with E-state index in [1.165, 1.54) is 23.5 Å². The van der Waals surface area contributed by atoms with E-state index in [4.69, 9.17) is 4.74 Å². The number of hydrogen-bond donors (Lipinski definition) is 1. The fourth-order valence-corrected chi connectivity index (χ4v) is 4.61. The second-order valence-corrected chi connectivity index (χ2v) is 8.99. The molecule has 0 aliphatic rings. The summed E-state index contributed by atoms with van der Waals surface area (Å²) < 4.78 is 43.9. The number of ether oxygens (including phenoxy) is 1. The van der Waals surface area contributed by atoms with Gasteiger partial charge in [-0.15, -0.1) is 11.3 Å². The van der Waals surface area contributed by atoms with E-state index in [2.05, 4.69) is 4.98 Å². The highest BCUT2D eigenvalue weighted by molar-refractivity contribution is 7.15. The van der Waals surface area contributed by atoms with Crippen LogP contribution in [0.5, 0.6) is 5.75 Å². The van der Waals surface area contributed by atoms with Crippen LogP contribution in [0.1, 0.15) is 47.0 Å². The summed E-state index contributed by atoms with van der Waals surface area (Å²) in [5.74, 6) is -0.399. The zero-order valence-corrected chi connectivity index (χ0v) is 19.5. The molecular weight excluding hydrogens is 451 g/mol. The van der Waals surface area contributed by atoms with Crippen molar-refractivity contribution in [1.82, 2.24) is 4.98 Å². The molecule has 33 heavy (non-hydrogen) atoms. The van der Waals surface area contributed by atoms with E-state index in [9.17, 15) is 23.1 Å². The van der Waals surface area contributed by atoms with Gasteiger partial charge in [-0.05, 0) is 68.9 Å². The van der Waals surface area contributed by atoms with Gasteiger partial charge in [0.25, 0.3) is 0 Å². The van der Waals surface area contributed by atoms with Gasteiger partial charge < -0.3 is 9.84 Å². The number of carboxylic acid groups (broad SMARTS) is 1. The third-order valence-corrected chi connectivity index (χ3v) is 6.64. The molecule has 0 fully saturated rings. The molecule has 0 aliphatic heterocycles. The molecule has 4 nitrogen and oxygen atoms in total. The minimum Gasteiger partial charge on any atom is -0.479 e. The topological polar surface area (TPSA) is 59.4 Å². The van der Waals surface area contributed by atoms with Crippen molar-refractivity contribution in [2.24, 2.45) is 0 Å². The lowest BCUT2D eigenvalue weighted by Crippen LogP contribution is -2.26. The van der Waals surface area contributed by atoms with Crippen LogP contribution in [-0.2, 0) is 23.8 Å². The molecule has 1 aromatic heterocycles. The summed E-state index contributed by atoms with van der Waals surface area (Å²) in [4.78, 5) is 16.9. The number of aryl methyl sites for hydroxylation is 4. The Bertz CT molecular complexity index is 1110. The average Bonchev–Trinajstić information content (AvgIpc) is 3.13. The van der Waals surface area contributed by atoms with Crippen molar-refractivity contribution in [2.75, 3.05) is 0 Å². The average molecular weight is 478 g/mol. The maximum atomic E-state index is 12.8. The standard InChI is InChI=1S/C25H26F3NO3S/c1-4-20(24(30)31)32-21-13-8-17(14-15(21)2)6-5-7-22-16(3)29-23(33-22)18-9-11-19(12-10-18)25(26,27)28/h8-14,20H,4-7H2,1-3H3,(H,30,31). The molecule has 0 bridgehead atoms. The lowest BCUT2D eigenvalue weighted by molar-refractivity contribution is -0.145. The number of thiazole rings is 1. The zero-order valence-electron chi connectivity index (χ0n) is 18.7. The molecule has 0 amide bonds. The van der Waals surface area contributed by atoms with Crippen LogP contribution < -0.4 is 4.74 Å². The first-order valence-electron chi connectivity index (χ1n) is 10.7. The summed E-state index contributed by atoms with van der Waals surface area (Å²) in [7, 11) is 0. The fraction of sp³-hybridized carbons (Fsp3) is 0.360. The van der Waals surface area contributed by atoms with Gasteiger partial charge in [-0.1, -0.05) is 31.2 Å². The summed E-state index contributed by atoms with van der Waals surface area (Å²) in [5.41, 5.74) is 2.94. The minimum atomic E-state index is -4.35. The predicted octanol–water partition coefficient (Wildman–Crippen LogP) is 6.86. The second kappa shape index (κ2) is 10.4. The molecule has 0 aliphatic carbocycles. The molecule has 1 unspecified atom stereocenters. The molecule has 1 N–H and O–H groups in total. The van der Waals surface area contributed by atoms with Crippen molar-refractivity contribution in [3.05, 3.63) is 69.7 Å². The van der Waals surface area contributed by atoms with Gasteiger partial charge >= 0.3 is 12.1 Å². The summed E-state index contributed by atoms with van der Waals surface area (Å²) in [6.07, 6.45) is -2.27. The van der Waals surface area contributed by atoms with Gasteiger partial charge in [0, 0.05) is 10.4 Å². The first-order valence-corrected chi connectivity index (χ1v) is 11.5. The Kier molecular flexibility index (Phi) is 7.79. The van der Waals surface area contributed by atoms with Crippen LogP contribution in [0, 0.1) is 13.8 Å². The first kappa shape index (κ1) is 24.8. The van der Waals surface area contributed by atoms with Crippen LogP contribution in [-0.4, -0.2) is 22.2 Å². The van der Waals surface area contributed by atoms with Gasteiger partial charge in [0.1, 0.15) is 10.8 Å². The maximum Gasteiger partial charge on any atom is 0.416 e. The van der Waals surface area contributed by atoms with Gasteiger partial charge in [-0.3, -0.25) is 0 Å². The number of hydrogen-bond acceptors (Lipinski definition) is 4. The van der Waals surface area contributed by atoms with E-state index in [-0.39, 0.29) is 0 Å². The highest BCUT2D eigenvalue weighted by Crippen LogP contribution is 2.33. The van der Waals surface area contributed by atoms with Gasteiger partial charge in [-0.25, -0.2) is 9.78 Å². The van der Waals surface area contributed by atoms with Gasteiger partial charge in [0.05, 0.1) is 11.3 Å². The summed E-state index contributed by atoms with van der Waals surface area (Å²) >= 11 is 1.51. The van der Waals surface area contributed by atoms with Crippen LogP contribution in [0.2, 0.25) is 0 Å². The molecule has 176 valence electrons. The summed E-state index contributed by atoms with van der Waals surface area (Å²) in [6.45, 7) is 5.59. The molecule has 3 rings (SSSR count). The number of halogens is 3. The molecule has 8 heteroatoms. The Morgan fingerprint density at radius 3 is 2.39 bits per heavy atom. The Morgan fingerprint density at radius 1 is 1.12 bits per heavy atom. The van der Waals surface area contributed by atoms with Crippen molar-refractivity contribution in [2.45, 2.75) is 58.7 Å². The molecule has 0 saturated heterocycles. The van der Waals surface area contributed by atoms with Crippen LogP contribution in [0.3, 0.4) is 0 Å². The Hall–Kier alpha value is -2.87. The number of aliphatic carboxylic acids is 1. The van der Waals surface area contributed by atoms with Crippen molar-refractivity contribution >= 4 is 17.3 Å². The number of benzene rings is 2. The SMILES string of the molecule is CCC(Oc1ccc(CCCc2sc(-c3ccc(C(F)(F)F)cc3)nc2C)cc1C)C(=O)O. The van der Waals surface area contributed by atoms with E-state index in [0.29, 0.717) is 17.7 Å². The molecule has 1 atom stereocenters. The van der Waals surface area contributed by atoms with Gasteiger partial charge in [0.15, 0.2) is 6.10 Å². The molecule has 0 spiro atoms. The lowest BCUT2D eigenvalue weighted by Gasteiger charge is -2.15. The van der Waals surface area contributed by atoms with E-state index in [1.54, 1.807) is 6.92 Å². The Labute approximate surface area is 195 Å². The van der Waals surface area contributed by atoms with Crippen LogP contribution in [0.25, 0.3) is 10.6 Å². The van der Waals surface area contributed by atoms with E-state index >= 15 is 0 Å². The highest BCUT2D eigenvalue weighted by atomic mass is 32.1. The molecule has 0 radical (unpaired) electrons. The highest BCUT2D eigenvalue weighted by Gasteiger charge is 2.30. The number of rotatable bonds is 9. The zero-order chi connectivity index (χ0) is 24.2. The van der Waals surface area contributed by atoms with E-state index in [1.807, 2.05) is 32.0 Å². The fourth-order valence-electron chi connectivity index (χ4n) is 3.50. The van der Waals surface area contributed by atoms with Crippen molar-refractivity contribution < 1.29 is 27.8 Å². The van der Waals surface area contributed by atoms with Gasteiger partial charge in [-0.2, -0.15) is 13.2 Å². The van der Waals surface area contributed by atoms with E-state index < -0.39 is 23.8 Å². The smallest absolute Gasteiger partial charge is 0.416 e. The minimum absolute atomic E-state index is 0.388. The third-order valence-electron chi connectivity index (χ3n) is 5.38. The van der Waals surface area contributed by atoms with Crippen molar-refractivity contribution in [1.29, 1.82) is 0 Å². The number of nitrogens with zero attached hydrogens (tertiary/aromatic N) is 1. The Morgan fingerprint density at radius 2 is 1.82 bits per heavy atom. The number of alkyl halides is 3. The Balaban J connectivity index is 1.60. The lowest BCUT2D eigenvalue weighted by atomic mass is 10.0. The van der Waals surface area contributed by atoms with Gasteiger partial charge in [0.2, 0.25) is 0 Å². The quantitative estimate of drug-likeness (QED) is 0.366. The molecular formula is C25H26F3NO3S. The monoisotopic (exact) mass is 477 g/mol. The van der Waals surface area contributed by atoms with Crippen LogP contribution in [0.4, 0.5) is 13.2 Å². The maximum absolute atomic E-state index is 12.8. The number of carbonyl (C=O) groups is 1. The van der Waals surface area contributed by atoms with Crippen LogP contribution in [0.15, 0.2) is 42.5 Å². The second-order valence-electron chi connectivity index (χ2n) is 7.91. The molecule has 2 aromatic carbocycles. The summed E-state index contributed by atoms with van der Waals surface area (Å²) in [5, 5.41) is 9.89. The third kappa shape index (κ3) is 6.35. The number of carboxylic acids is 1. The number of aromatic nitrogens is 1. The molecule has 1 heterocycles. The normalized spacial score (nSPS) is 12.5. The van der Waals surface area contributed by atoms with Crippen molar-refractivity contribution in [3.63, 3.8) is 0 Å². The molecule has 3 aromatic rings. The largest absolute Gasteiger partial charge is 0.479 e. The molecule has 0 saturated carbocycles. The first-order chi connectivity index (χ1) is 15.6. The van der Waals surface area contributed by atoms with E-state index in [0.717, 1.165) is 58.1 Å².